The van der Waals surface area contributed by atoms with E-state index in [-0.39, 0.29) is 6.54 Å². The second-order valence-corrected chi connectivity index (χ2v) is 7.34. The Kier molecular flexibility index (Phi) is 5.95. The van der Waals surface area contributed by atoms with Gasteiger partial charge in [-0.1, -0.05) is 18.5 Å². The van der Waals surface area contributed by atoms with Crippen LogP contribution in [-0.4, -0.2) is 61.2 Å². The Morgan fingerprint density at radius 3 is 2.68 bits per heavy atom. The number of anilines is 2. The van der Waals surface area contributed by atoms with Crippen molar-refractivity contribution in [2.75, 3.05) is 43.1 Å². The number of carbonyl (C=O) groups is 3. The molecule has 2 heterocycles. The first kappa shape index (κ1) is 20.2. The summed E-state index contributed by atoms with van der Waals surface area (Å²) in [7, 11) is 0. The maximum atomic E-state index is 12.4. The molecule has 2 aliphatic rings. The highest BCUT2D eigenvalue weighted by Crippen LogP contribution is 2.29. The molecule has 152 valence electrons. The highest BCUT2D eigenvalue weighted by Gasteiger charge is 2.47. The monoisotopic (exact) mass is 409 g/mol. The van der Waals surface area contributed by atoms with Crippen LogP contribution in [0, 0.1) is 0 Å². The Labute approximate surface area is 168 Å². The van der Waals surface area contributed by atoms with Gasteiger partial charge in [-0.3, -0.25) is 15.0 Å². The average Bonchev–Trinajstić information content (AvgIpc) is 2.91. The van der Waals surface area contributed by atoms with E-state index < -0.39 is 23.4 Å². The lowest BCUT2D eigenvalue weighted by Crippen LogP contribution is -2.50. The third kappa shape index (κ3) is 4.15. The summed E-state index contributed by atoms with van der Waals surface area (Å²) in [5, 5.41) is 6.89. The molecule has 0 bridgehead atoms. The summed E-state index contributed by atoms with van der Waals surface area (Å²) < 4.78 is 5.38. The van der Waals surface area contributed by atoms with Crippen molar-refractivity contribution >= 4 is 40.8 Å². The van der Waals surface area contributed by atoms with E-state index in [4.69, 9.17) is 16.3 Å². The molecule has 0 radical (unpaired) electrons. The summed E-state index contributed by atoms with van der Waals surface area (Å²) in [5.74, 6) is -0.998. The molecular weight excluding hydrogens is 386 g/mol. The minimum atomic E-state index is -1.01. The van der Waals surface area contributed by atoms with E-state index in [2.05, 4.69) is 21.0 Å². The van der Waals surface area contributed by atoms with Crippen LogP contribution in [0.4, 0.5) is 16.2 Å². The number of carbonyl (C=O) groups excluding carboxylic acids is 3. The van der Waals surface area contributed by atoms with Crippen molar-refractivity contribution in [1.82, 2.24) is 15.8 Å². The Bertz CT molecular complexity index is 783. The fraction of sp³-hybridized carbons (Fsp3) is 0.500. The van der Waals surface area contributed by atoms with Crippen LogP contribution >= 0.6 is 11.6 Å². The van der Waals surface area contributed by atoms with Gasteiger partial charge in [0.05, 0.1) is 31.1 Å². The normalized spacial score (nSPS) is 22.2. The first-order valence-electron chi connectivity index (χ1n) is 9.16. The Hall–Kier alpha value is -2.52. The summed E-state index contributed by atoms with van der Waals surface area (Å²) in [6.07, 6.45) is 0.424. The standard InChI is InChI=1S/C18H24ClN5O4/c1-3-18(2)16(26)24(17(27)21-18)22-15(25)11-20-13-10-12(19)4-5-14(13)23-6-8-28-9-7-23/h4-5,10,20H,3,6-9,11H2,1-2H3,(H,21,27)(H,22,25). The van der Waals surface area contributed by atoms with Crippen molar-refractivity contribution < 1.29 is 19.1 Å². The molecule has 10 heteroatoms. The van der Waals surface area contributed by atoms with Gasteiger partial charge in [0.15, 0.2) is 0 Å². The Morgan fingerprint density at radius 1 is 1.32 bits per heavy atom. The quantitative estimate of drug-likeness (QED) is 0.613. The van der Waals surface area contributed by atoms with Gasteiger partial charge >= 0.3 is 6.03 Å². The third-order valence-electron chi connectivity index (χ3n) is 4.95. The Morgan fingerprint density at radius 2 is 2.04 bits per heavy atom. The lowest BCUT2D eigenvalue weighted by Gasteiger charge is -2.30. The number of imide groups is 1. The summed E-state index contributed by atoms with van der Waals surface area (Å²) in [6, 6.07) is 4.77. The molecule has 1 aromatic carbocycles. The molecule has 1 unspecified atom stereocenters. The molecule has 0 aromatic heterocycles. The number of hydrazine groups is 1. The van der Waals surface area contributed by atoms with Crippen molar-refractivity contribution in [3.8, 4) is 0 Å². The van der Waals surface area contributed by atoms with Crippen molar-refractivity contribution in [3.05, 3.63) is 23.2 Å². The number of morpholine rings is 1. The summed E-state index contributed by atoms with van der Waals surface area (Å²) in [4.78, 5) is 38.8. The molecule has 28 heavy (non-hydrogen) atoms. The van der Waals surface area contributed by atoms with Gasteiger partial charge in [0.2, 0.25) is 0 Å². The van der Waals surface area contributed by atoms with Crippen LogP contribution in [0.3, 0.4) is 0 Å². The van der Waals surface area contributed by atoms with Gasteiger partial charge in [-0.15, -0.1) is 0 Å². The molecule has 9 nitrogen and oxygen atoms in total. The number of amides is 4. The predicted octanol–water partition coefficient (Wildman–Crippen LogP) is 1.34. The van der Waals surface area contributed by atoms with E-state index in [0.717, 1.165) is 23.8 Å². The number of rotatable bonds is 6. The fourth-order valence-corrected chi connectivity index (χ4v) is 3.27. The maximum Gasteiger partial charge on any atom is 0.344 e. The van der Waals surface area contributed by atoms with E-state index in [1.807, 2.05) is 6.07 Å². The number of urea groups is 1. The smallest absolute Gasteiger partial charge is 0.344 e. The van der Waals surface area contributed by atoms with Gasteiger partial charge in [-0.05, 0) is 31.5 Å². The number of hydrogen-bond acceptors (Lipinski definition) is 6. The van der Waals surface area contributed by atoms with Crippen molar-refractivity contribution in [3.63, 3.8) is 0 Å². The molecule has 1 aromatic rings. The number of halogens is 1. The van der Waals surface area contributed by atoms with Crippen LogP contribution in [-0.2, 0) is 14.3 Å². The first-order valence-corrected chi connectivity index (χ1v) is 9.54. The van der Waals surface area contributed by atoms with Crippen LogP contribution < -0.4 is 21.0 Å². The molecule has 1 atom stereocenters. The molecule has 2 aliphatic heterocycles. The van der Waals surface area contributed by atoms with E-state index in [9.17, 15) is 14.4 Å². The minimum Gasteiger partial charge on any atom is -0.378 e. The predicted molar refractivity (Wildman–Crippen MR) is 105 cm³/mol. The molecular formula is C18H24ClN5O4. The molecule has 0 aliphatic carbocycles. The molecule has 4 amide bonds. The molecule has 2 fully saturated rings. The van der Waals surface area contributed by atoms with Crippen molar-refractivity contribution in [2.45, 2.75) is 25.8 Å². The number of ether oxygens (including phenoxy) is 1. The number of hydrogen-bond donors (Lipinski definition) is 3. The average molecular weight is 410 g/mol. The minimum absolute atomic E-state index is 0.127. The van der Waals surface area contributed by atoms with Crippen LogP contribution in [0.1, 0.15) is 20.3 Å². The summed E-state index contributed by atoms with van der Waals surface area (Å²) in [6.45, 7) is 6.02. The third-order valence-corrected chi connectivity index (χ3v) is 5.19. The van der Waals surface area contributed by atoms with Gasteiger partial charge in [0, 0.05) is 18.1 Å². The first-order chi connectivity index (χ1) is 13.3. The highest BCUT2D eigenvalue weighted by molar-refractivity contribution is 6.31. The molecule has 2 saturated heterocycles. The molecule has 3 rings (SSSR count). The Balaban J connectivity index is 1.64. The number of benzene rings is 1. The second-order valence-electron chi connectivity index (χ2n) is 6.91. The van der Waals surface area contributed by atoms with E-state index in [0.29, 0.717) is 30.3 Å². The zero-order valence-corrected chi connectivity index (χ0v) is 16.6. The van der Waals surface area contributed by atoms with E-state index >= 15 is 0 Å². The van der Waals surface area contributed by atoms with Crippen LogP contribution in [0.2, 0.25) is 5.02 Å². The fourth-order valence-electron chi connectivity index (χ4n) is 3.10. The van der Waals surface area contributed by atoms with Crippen LogP contribution in [0.25, 0.3) is 0 Å². The largest absolute Gasteiger partial charge is 0.378 e. The van der Waals surface area contributed by atoms with Crippen LogP contribution in [0.15, 0.2) is 18.2 Å². The van der Waals surface area contributed by atoms with Gasteiger partial charge in [0.1, 0.15) is 5.54 Å². The number of nitrogens with one attached hydrogen (secondary N) is 3. The van der Waals surface area contributed by atoms with E-state index in [1.165, 1.54) is 0 Å². The van der Waals surface area contributed by atoms with Crippen molar-refractivity contribution in [2.24, 2.45) is 0 Å². The lowest BCUT2D eigenvalue weighted by atomic mass is 10.00. The summed E-state index contributed by atoms with van der Waals surface area (Å²) >= 11 is 6.10. The van der Waals surface area contributed by atoms with Gasteiger partial charge in [-0.25, -0.2) is 4.79 Å². The van der Waals surface area contributed by atoms with Crippen LogP contribution in [0.5, 0.6) is 0 Å². The van der Waals surface area contributed by atoms with Gasteiger partial charge in [-0.2, -0.15) is 5.01 Å². The zero-order chi connectivity index (χ0) is 20.3. The van der Waals surface area contributed by atoms with Gasteiger partial charge < -0.3 is 20.3 Å². The number of nitrogens with zero attached hydrogens (tertiary/aromatic N) is 2. The molecule has 0 spiro atoms. The van der Waals surface area contributed by atoms with Gasteiger partial charge in [0.25, 0.3) is 11.8 Å². The second kappa shape index (κ2) is 8.24. The lowest BCUT2D eigenvalue weighted by molar-refractivity contribution is -0.138. The molecule has 3 N–H and O–H groups in total. The SMILES string of the molecule is CCC1(C)NC(=O)N(NC(=O)CNc2cc(Cl)ccc2N2CCOCC2)C1=O. The topological polar surface area (TPSA) is 103 Å². The van der Waals surface area contributed by atoms with Crippen molar-refractivity contribution in [1.29, 1.82) is 0 Å². The molecule has 0 saturated carbocycles. The van der Waals surface area contributed by atoms with E-state index in [1.54, 1.807) is 26.0 Å². The maximum absolute atomic E-state index is 12.4. The zero-order valence-electron chi connectivity index (χ0n) is 15.9. The summed E-state index contributed by atoms with van der Waals surface area (Å²) in [5.41, 5.74) is 2.96. The highest BCUT2D eigenvalue weighted by atomic mass is 35.5.